The number of ether oxygens (including phenoxy) is 1. The van der Waals surface area contributed by atoms with Crippen molar-refractivity contribution < 1.29 is 14.3 Å². The molecule has 0 radical (unpaired) electrons. The predicted octanol–water partition coefficient (Wildman–Crippen LogP) is 5.76. The normalized spacial score (nSPS) is 14.5. The summed E-state index contributed by atoms with van der Waals surface area (Å²) in [7, 11) is 0. The fourth-order valence-electron chi connectivity index (χ4n) is 3.82. The highest BCUT2D eigenvalue weighted by Gasteiger charge is 2.31. The zero-order valence-electron chi connectivity index (χ0n) is 19.6. The summed E-state index contributed by atoms with van der Waals surface area (Å²) < 4.78 is 6.26. The number of anilines is 1. The monoisotopic (exact) mass is 502 g/mol. The Bertz CT molecular complexity index is 1270. The van der Waals surface area contributed by atoms with Gasteiger partial charge in [0.25, 0.3) is 11.8 Å². The van der Waals surface area contributed by atoms with E-state index in [1.54, 1.807) is 17.0 Å². The van der Waals surface area contributed by atoms with E-state index in [1.165, 1.54) is 11.8 Å². The number of thiocarbonyl (C=S) groups is 1. The molecule has 0 unspecified atom stereocenters. The largest absolute Gasteiger partial charge is 0.484 e. The molecule has 5 nitrogen and oxygen atoms in total. The Hall–Kier alpha value is -3.42. The van der Waals surface area contributed by atoms with Gasteiger partial charge < -0.3 is 10.1 Å². The first-order valence-electron chi connectivity index (χ1n) is 11.3. The number of hydrogen-bond donors (Lipinski definition) is 1. The molecule has 1 saturated heterocycles. The van der Waals surface area contributed by atoms with E-state index < -0.39 is 0 Å². The molecule has 1 fully saturated rings. The number of thioether (sulfide) groups is 1. The van der Waals surface area contributed by atoms with Crippen LogP contribution in [0.1, 0.15) is 22.3 Å². The van der Waals surface area contributed by atoms with Gasteiger partial charge >= 0.3 is 0 Å². The van der Waals surface area contributed by atoms with Crippen LogP contribution < -0.4 is 10.1 Å². The standard InChI is InChI=1S/C28H26N2O3S2/c1-19-13-20(2)15-23(14-19)29-26(31)18-33-24-10-6-9-22(16-24)17-25-27(32)30(28(34)35-25)12-11-21-7-4-3-5-8-21/h3-10,13-17H,11-12,18H2,1-2H3,(H,29,31)/b25-17-. The molecule has 0 spiro atoms. The van der Waals surface area contributed by atoms with Crippen LogP contribution in [0.25, 0.3) is 6.08 Å². The molecule has 4 rings (SSSR count). The average Bonchev–Trinajstić information content (AvgIpc) is 3.08. The van der Waals surface area contributed by atoms with Crippen molar-refractivity contribution in [3.8, 4) is 5.75 Å². The summed E-state index contributed by atoms with van der Waals surface area (Å²) in [5.74, 6) is 0.226. The first-order chi connectivity index (χ1) is 16.9. The number of carbonyl (C=O) groups is 2. The fourth-order valence-corrected chi connectivity index (χ4v) is 5.13. The molecule has 1 N–H and O–H groups in total. The van der Waals surface area contributed by atoms with Crippen molar-refractivity contribution in [2.45, 2.75) is 20.3 Å². The van der Waals surface area contributed by atoms with Gasteiger partial charge in [-0.15, -0.1) is 0 Å². The summed E-state index contributed by atoms with van der Waals surface area (Å²) >= 11 is 6.75. The minimum atomic E-state index is -0.236. The minimum Gasteiger partial charge on any atom is -0.484 e. The second-order valence-corrected chi connectivity index (χ2v) is 10.0. The van der Waals surface area contributed by atoms with Crippen LogP contribution in [0.3, 0.4) is 0 Å². The maximum atomic E-state index is 12.9. The first-order valence-corrected chi connectivity index (χ1v) is 12.5. The second kappa shape index (κ2) is 11.3. The summed E-state index contributed by atoms with van der Waals surface area (Å²) in [6.45, 7) is 4.41. The molecule has 0 saturated carbocycles. The van der Waals surface area contributed by atoms with E-state index in [0.29, 0.717) is 21.5 Å². The SMILES string of the molecule is Cc1cc(C)cc(NC(=O)COc2cccc(/C=C3\SC(=S)N(CCc4ccccc4)C3=O)c2)c1. The van der Waals surface area contributed by atoms with Crippen LogP contribution >= 0.6 is 24.0 Å². The lowest BCUT2D eigenvalue weighted by atomic mass is 10.1. The molecule has 35 heavy (non-hydrogen) atoms. The maximum absolute atomic E-state index is 12.9. The third-order valence-electron chi connectivity index (χ3n) is 5.37. The fraction of sp³-hybridized carbons (Fsp3) is 0.179. The molecule has 0 aliphatic carbocycles. The first kappa shape index (κ1) is 24.7. The maximum Gasteiger partial charge on any atom is 0.266 e. The zero-order chi connectivity index (χ0) is 24.8. The Morgan fingerprint density at radius 3 is 2.51 bits per heavy atom. The zero-order valence-corrected chi connectivity index (χ0v) is 21.2. The number of rotatable bonds is 8. The third kappa shape index (κ3) is 6.81. The summed E-state index contributed by atoms with van der Waals surface area (Å²) in [6.07, 6.45) is 2.55. The lowest BCUT2D eigenvalue weighted by molar-refractivity contribution is -0.122. The summed E-state index contributed by atoms with van der Waals surface area (Å²) in [5, 5.41) is 2.86. The van der Waals surface area contributed by atoms with E-state index >= 15 is 0 Å². The highest BCUT2D eigenvalue weighted by molar-refractivity contribution is 8.26. The number of benzene rings is 3. The van der Waals surface area contributed by atoms with Crippen molar-refractivity contribution in [1.29, 1.82) is 0 Å². The van der Waals surface area contributed by atoms with Gasteiger partial charge in [0.1, 0.15) is 10.1 Å². The number of nitrogens with zero attached hydrogens (tertiary/aromatic N) is 1. The Balaban J connectivity index is 1.35. The molecule has 2 amide bonds. The third-order valence-corrected chi connectivity index (χ3v) is 6.75. The summed E-state index contributed by atoms with van der Waals surface area (Å²) in [6, 6.07) is 23.2. The Labute approximate surface area is 215 Å². The van der Waals surface area contributed by atoms with E-state index in [4.69, 9.17) is 17.0 Å². The van der Waals surface area contributed by atoms with Crippen molar-refractivity contribution >= 4 is 51.9 Å². The predicted molar refractivity (Wildman–Crippen MR) is 147 cm³/mol. The molecule has 1 heterocycles. The van der Waals surface area contributed by atoms with Crippen molar-refractivity contribution in [2.75, 3.05) is 18.5 Å². The van der Waals surface area contributed by atoms with Crippen molar-refractivity contribution in [3.05, 3.63) is 100.0 Å². The van der Waals surface area contributed by atoms with Gasteiger partial charge in [-0.1, -0.05) is 72.5 Å². The highest BCUT2D eigenvalue weighted by atomic mass is 32.2. The van der Waals surface area contributed by atoms with Crippen LogP contribution in [0.4, 0.5) is 5.69 Å². The number of nitrogens with one attached hydrogen (secondary N) is 1. The van der Waals surface area contributed by atoms with Crippen LogP contribution in [0.5, 0.6) is 5.75 Å². The number of carbonyl (C=O) groups excluding carboxylic acids is 2. The number of aryl methyl sites for hydroxylation is 2. The van der Waals surface area contributed by atoms with E-state index in [2.05, 4.69) is 11.4 Å². The van der Waals surface area contributed by atoms with E-state index in [0.717, 1.165) is 34.4 Å². The van der Waals surface area contributed by atoms with Gasteiger partial charge in [-0.3, -0.25) is 14.5 Å². The molecule has 1 aliphatic rings. The molecule has 0 bridgehead atoms. The van der Waals surface area contributed by atoms with Crippen LogP contribution in [-0.2, 0) is 16.0 Å². The molecule has 0 aromatic heterocycles. The van der Waals surface area contributed by atoms with E-state index in [1.807, 2.05) is 74.5 Å². The molecule has 7 heteroatoms. The lowest BCUT2D eigenvalue weighted by Gasteiger charge is -2.14. The lowest BCUT2D eigenvalue weighted by Crippen LogP contribution is -2.30. The van der Waals surface area contributed by atoms with Gasteiger partial charge in [-0.05, 0) is 72.9 Å². The Morgan fingerprint density at radius 1 is 1.03 bits per heavy atom. The van der Waals surface area contributed by atoms with E-state index in [9.17, 15) is 9.59 Å². The quantitative estimate of drug-likeness (QED) is 0.313. The van der Waals surface area contributed by atoms with Gasteiger partial charge in [0.2, 0.25) is 0 Å². The van der Waals surface area contributed by atoms with Gasteiger partial charge in [0.15, 0.2) is 6.61 Å². The number of amides is 2. The smallest absolute Gasteiger partial charge is 0.266 e. The van der Waals surface area contributed by atoms with Gasteiger partial charge in [0, 0.05) is 12.2 Å². The molecule has 3 aromatic rings. The average molecular weight is 503 g/mol. The molecule has 1 aliphatic heterocycles. The van der Waals surface area contributed by atoms with Crippen molar-refractivity contribution in [1.82, 2.24) is 4.90 Å². The molecular weight excluding hydrogens is 476 g/mol. The summed E-state index contributed by atoms with van der Waals surface area (Å²) in [5.41, 5.74) is 4.88. The minimum absolute atomic E-state index is 0.0879. The van der Waals surface area contributed by atoms with Gasteiger partial charge in [0.05, 0.1) is 4.91 Å². The number of hydrogen-bond acceptors (Lipinski definition) is 5. The topological polar surface area (TPSA) is 58.6 Å². The van der Waals surface area contributed by atoms with Gasteiger partial charge in [-0.2, -0.15) is 0 Å². The van der Waals surface area contributed by atoms with E-state index in [-0.39, 0.29) is 18.4 Å². The Kier molecular flexibility index (Phi) is 8.00. The second-order valence-electron chi connectivity index (χ2n) is 8.35. The van der Waals surface area contributed by atoms with Crippen LogP contribution in [0.15, 0.2) is 77.7 Å². The van der Waals surface area contributed by atoms with Crippen molar-refractivity contribution in [2.24, 2.45) is 0 Å². The van der Waals surface area contributed by atoms with Gasteiger partial charge in [-0.25, -0.2) is 0 Å². The van der Waals surface area contributed by atoms with Crippen LogP contribution in [0, 0.1) is 13.8 Å². The highest BCUT2D eigenvalue weighted by Crippen LogP contribution is 2.33. The Morgan fingerprint density at radius 2 is 1.77 bits per heavy atom. The van der Waals surface area contributed by atoms with Crippen molar-refractivity contribution in [3.63, 3.8) is 0 Å². The van der Waals surface area contributed by atoms with Crippen LogP contribution in [0.2, 0.25) is 0 Å². The van der Waals surface area contributed by atoms with Crippen LogP contribution in [-0.4, -0.2) is 34.2 Å². The summed E-state index contributed by atoms with van der Waals surface area (Å²) in [4.78, 5) is 27.5. The molecule has 178 valence electrons. The molecule has 3 aromatic carbocycles. The molecular formula is C28H26N2O3S2. The molecule has 0 atom stereocenters.